The van der Waals surface area contributed by atoms with E-state index in [0.717, 1.165) is 25.7 Å². The Hall–Kier alpha value is -2.38. The Kier molecular flexibility index (Phi) is 5.37. The van der Waals surface area contributed by atoms with E-state index in [-0.39, 0.29) is 17.5 Å². The smallest absolute Gasteiger partial charge is 0.266 e. The number of carboxylic acid groups (broad SMARTS) is 1. The molecular weight excluding hydrogens is 394 g/mol. The summed E-state index contributed by atoms with van der Waals surface area (Å²) in [5.41, 5.74) is 0.722. The summed E-state index contributed by atoms with van der Waals surface area (Å²) in [5.74, 6) is -0.242. The van der Waals surface area contributed by atoms with Crippen LogP contribution in [-0.4, -0.2) is 27.1 Å². The van der Waals surface area contributed by atoms with E-state index in [2.05, 4.69) is 0 Å². The molecular formula is C21H18NO4S2-. The number of thiocarbonyl (C=S) groups is 1. The van der Waals surface area contributed by atoms with Crippen molar-refractivity contribution in [2.24, 2.45) is 0 Å². The maximum atomic E-state index is 12.9. The standard InChI is InChI=1S/C21H19NO4S2/c23-19-18(28-21(27)22(19)15-7-2-1-3-8-15)12-16-9-10-17(26-16)13-5-4-6-14(11-13)20(24)25/h4-6,9-12,15H,1-3,7-8H2,(H,24,25)/p-1/b18-12-. The van der Waals surface area contributed by atoms with E-state index in [9.17, 15) is 14.7 Å². The highest BCUT2D eigenvalue weighted by Crippen LogP contribution is 2.37. The fourth-order valence-electron chi connectivity index (χ4n) is 3.65. The van der Waals surface area contributed by atoms with Gasteiger partial charge in [-0.1, -0.05) is 61.4 Å². The molecule has 4 rings (SSSR count). The number of thioether (sulfide) groups is 1. The number of nitrogens with zero attached hydrogens (tertiary/aromatic N) is 1. The summed E-state index contributed by atoms with van der Waals surface area (Å²) in [6, 6.07) is 10.1. The van der Waals surface area contributed by atoms with Gasteiger partial charge in [-0.15, -0.1) is 0 Å². The van der Waals surface area contributed by atoms with Gasteiger partial charge in [0.1, 0.15) is 15.8 Å². The first kappa shape index (κ1) is 19.0. The number of hydrogen-bond acceptors (Lipinski definition) is 6. The van der Waals surface area contributed by atoms with Gasteiger partial charge in [-0.2, -0.15) is 0 Å². The van der Waals surface area contributed by atoms with Crippen molar-refractivity contribution in [3.05, 3.63) is 52.6 Å². The zero-order chi connectivity index (χ0) is 19.7. The molecule has 0 unspecified atom stereocenters. The van der Waals surface area contributed by atoms with Crippen molar-refractivity contribution in [1.29, 1.82) is 0 Å². The van der Waals surface area contributed by atoms with E-state index in [0.29, 0.717) is 26.3 Å². The molecule has 28 heavy (non-hydrogen) atoms. The lowest BCUT2D eigenvalue weighted by Gasteiger charge is -2.29. The molecule has 2 aliphatic rings. The molecule has 1 saturated carbocycles. The second-order valence-corrected chi connectivity index (χ2v) is 8.59. The Morgan fingerprint density at radius 2 is 2.00 bits per heavy atom. The minimum Gasteiger partial charge on any atom is -0.545 e. The van der Waals surface area contributed by atoms with Gasteiger partial charge in [-0.05, 0) is 36.6 Å². The number of carbonyl (C=O) groups excluding carboxylic acids is 2. The molecule has 7 heteroatoms. The lowest BCUT2D eigenvalue weighted by Crippen LogP contribution is -2.39. The summed E-state index contributed by atoms with van der Waals surface area (Å²) in [6.45, 7) is 0. The largest absolute Gasteiger partial charge is 0.545 e. The molecule has 0 radical (unpaired) electrons. The molecule has 0 spiro atoms. The van der Waals surface area contributed by atoms with Crippen molar-refractivity contribution in [3.63, 3.8) is 0 Å². The van der Waals surface area contributed by atoms with Gasteiger partial charge in [0, 0.05) is 17.7 Å². The minimum atomic E-state index is -1.24. The van der Waals surface area contributed by atoms with Crippen LogP contribution in [-0.2, 0) is 4.79 Å². The lowest BCUT2D eigenvalue weighted by atomic mass is 9.94. The summed E-state index contributed by atoms with van der Waals surface area (Å²) < 4.78 is 6.42. The van der Waals surface area contributed by atoms with Crippen LogP contribution < -0.4 is 5.11 Å². The normalized spacial score (nSPS) is 19.6. The van der Waals surface area contributed by atoms with Crippen molar-refractivity contribution in [1.82, 2.24) is 4.90 Å². The number of aromatic carboxylic acids is 1. The molecule has 1 aliphatic carbocycles. The highest BCUT2D eigenvalue weighted by atomic mass is 32.2. The number of carbonyl (C=O) groups is 2. The van der Waals surface area contributed by atoms with Crippen LogP contribution >= 0.6 is 24.0 Å². The molecule has 144 valence electrons. The Bertz CT molecular complexity index is 972. The van der Waals surface area contributed by atoms with Gasteiger partial charge in [-0.25, -0.2) is 0 Å². The minimum absolute atomic E-state index is 0.0567. The fourth-order valence-corrected chi connectivity index (χ4v) is 5.03. The van der Waals surface area contributed by atoms with E-state index >= 15 is 0 Å². The van der Waals surface area contributed by atoms with Gasteiger partial charge >= 0.3 is 0 Å². The van der Waals surface area contributed by atoms with Crippen molar-refractivity contribution < 1.29 is 19.1 Å². The third-order valence-corrected chi connectivity index (χ3v) is 6.38. The number of hydrogen-bond donors (Lipinski definition) is 0. The number of carboxylic acids is 1. The highest BCUT2D eigenvalue weighted by Gasteiger charge is 2.37. The van der Waals surface area contributed by atoms with E-state index in [4.69, 9.17) is 16.6 Å². The van der Waals surface area contributed by atoms with Crippen LogP contribution in [0.4, 0.5) is 0 Å². The predicted molar refractivity (Wildman–Crippen MR) is 110 cm³/mol. The molecule has 0 atom stereocenters. The molecule has 1 aliphatic heterocycles. The number of benzene rings is 1. The predicted octanol–water partition coefficient (Wildman–Crippen LogP) is 3.84. The molecule has 1 saturated heterocycles. The van der Waals surface area contributed by atoms with Gasteiger partial charge in [-0.3, -0.25) is 9.69 Å². The first-order valence-corrected chi connectivity index (χ1v) is 10.4. The van der Waals surface area contributed by atoms with Crippen LogP contribution in [0.2, 0.25) is 0 Å². The zero-order valence-electron chi connectivity index (χ0n) is 15.1. The average Bonchev–Trinajstić information content (AvgIpc) is 3.27. The lowest BCUT2D eigenvalue weighted by molar-refractivity contribution is -0.255. The topological polar surface area (TPSA) is 73.6 Å². The quantitative estimate of drug-likeness (QED) is 0.561. The van der Waals surface area contributed by atoms with Gasteiger partial charge in [0.2, 0.25) is 0 Å². The van der Waals surface area contributed by atoms with Crippen LogP contribution in [0.3, 0.4) is 0 Å². The van der Waals surface area contributed by atoms with Crippen LogP contribution in [0.5, 0.6) is 0 Å². The molecule has 1 amide bonds. The first-order valence-electron chi connectivity index (χ1n) is 9.21. The summed E-state index contributed by atoms with van der Waals surface area (Å²) in [5, 5.41) is 11.0. The SMILES string of the molecule is O=C([O-])c1cccc(-c2ccc(/C=C3\SC(=S)N(C4CCCCC4)C3=O)o2)c1. The van der Waals surface area contributed by atoms with Gasteiger partial charge in [0.05, 0.1) is 10.9 Å². The molecule has 2 heterocycles. The Morgan fingerprint density at radius 3 is 2.75 bits per heavy atom. The summed E-state index contributed by atoms with van der Waals surface area (Å²) in [4.78, 5) is 26.2. The maximum absolute atomic E-state index is 12.9. The summed E-state index contributed by atoms with van der Waals surface area (Å²) >= 11 is 6.75. The third kappa shape index (κ3) is 3.77. The van der Waals surface area contributed by atoms with Gasteiger partial charge in [0.25, 0.3) is 5.91 Å². The second kappa shape index (κ2) is 7.93. The highest BCUT2D eigenvalue weighted by molar-refractivity contribution is 8.26. The number of furan rings is 1. The average molecular weight is 413 g/mol. The van der Waals surface area contributed by atoms with Gasteiger partial charge < -0.3 is 14.3 Å². The Labute approximate surface area is 172 Å². The van der Waals surface area contributed by atoms with Crippen LogP contribution in [0.25, 0.3) is 17.4 Å². The van der Waals surface area contributed by atoms with E-state index in [1.165, 1.54) is 30.3 Å². The van der Waals surface area contributed by atoms with E-state index in [1.54, 1.807) is 35.2 Å². The molecule has 1 aromatic heterocycles. The van der Waals surface area contributed by atoms with Crippen LogP contribution in [0.1, 0.15) is 48.2 Å². The van der Waals surface area contributed by atoms with Crippen LogP contribution in [0, 0.1) is 0 Å². The van der Waals surface area contributed by atoms with Crippen molar-refractivity contribution >= 4 is 46.3 Å². The Morgan fingerprint density at radius 1 is 1.21 bits per heavy atom. The summed E-state index contributed by atoms with van der Waals surface area (Å²) in [7, 11) is 0. The molecule has 2 fully saturated rings. The fraction of sp³-hybridized carbons (Fsp3) is 0.286. The number of rotatable bonds is 4. The van der Waals surface area contributed by atoms with E-state index in [1.807, 2.05) is 0 Å². The van der Waals surface area contributed by atoms with Gasteiger partial charge in [0.15, 0.2) is 0 Å². The second-order valence-electron chi connectivity index (χ2n) is 6.91. The van der Waals surface area contributed by atoms with Crippen molar-refractivity contribution in [2.75, 3.05) is 0 Å². The molecule has 0 N–H and O–H groups in total. The maximum Gasteiger partial charge on any atom is 0.266 e. The number of amides is 1. The molecule has 1 aromatic carbocycles. The zero-order valence-corrected chi connectivity index (χ0v) is 16.7. The first-order chi connectivity index (χ1) is 13.5. The Balaban J connectivity index is 1.55. The van der Waals surface area contributed by atoms with E-state index < -0.39 is 5.97 Å². The van der Waals surface area contributed by atoms with Crippen molar-refractivity contribution in [2.45, 2.75) is 38.1 Å². The van der Waals surface area contributed by atoms with Crippen molar-refractivity contribution in [3.8, 4) is 11.3 Å². The third-order valence-electron chi connectivity index (χ3n) is 5.05. The molecule has 2 aromatic rings. The summed E-state index contributed by atoms with van der Waals surface area (Å²) in [6.07, 6.45) is 7.18. The molecule has 5 nitrogen and oxygen atoms in total. The monoisotopic (exact) mass is 412 g/mol. The molecule has 0 bridgehead atoms. The van der Waals surface area contributed by atoms with Crippen LogP contribution in [0.15, 0.2) is 45.7 Å².